The van der Waals surface area contributed by atoms with Gasteiger partial charge in [-0.05, 0) is 28.1 Å². The number of carbonyl (C=O) groups is 1. The summed E-state index contributed by atoms with van der Waals surface area (Å²) < 4.78 is 2.30. The highest BCUT2D eigenvalue weighted by atomic mass is 79.9. The lowest BCUT2D eigenvalue weighted by molar-refractivity contribution is -0.133. The van der Waals surface area contributed by atoms with E-state index in [0.717, 1.165) is 16.2 Å². The molecule has 19 heavy (non-hydrogen) atoms. The largest absolute Gasteiger partial charge is 0.481 e. The van der Waals surface area contributed by atoms with Gasteiger partial charge in [-0.15, -0.1) is 0 Å². The number of aromatic nitrogens is 3. The van der Waals surface area contributed by atoms with E-state index in [-0.39, 0.29) is 5.75 Å². The average molecular weight is 363 g/mol. The molecule has 5 nitrogen and oxygen atoms in total. The Morgan fingerprint density at radius 3 is 3.00 bits per heavy atom. The second-order valence-electron chi connectivity index (χ2n) is 3.63. The molecule has 2 aromatic rings. The molecule has 0 atom stereocenters. The van der Waals surface area contributed by atoms with Crippen LogP contribution in [0.3, 0.4) is 0 Å². The molecular formula is C11H9BrClN3O2S. The van der Waals surface area contributed by atoms with Crippen molar-refractivity contribution >= 4 is 45.3 Å². The van der Waals surface area contributed by atoms with E-state index in [0.29, 0.717) is 21.6 Å². The van der Waals surface area contributed by atoms with Crippen LogP contribution in [0.15, 0.2) is 27.8 Å². The maximum atomic E-state index is 10.6. The highest BCUT2D eigenvalue weighted by Crippen LogP contribution is 2.32. The van der Waals surface area contributed by atoms with Crippen molar-refractivity contribution in [2.75, 3.05) is 5.75 Å². The maximum Gasteiger partial charge on any atom is 0.313 e. The van der Waals surface area contributed by atoms with Crippen molar-refractivity contribution in [2.45, 2.75) is 5.16 Å². The molecule has 100 valence electrons. The molecule has 0 saturated carbocycles. The van der Waals surface area contributed by atoms with Gasteiger partial charge in [-0.2, -0.15) is 5.10 Å². The lowest BCUT2D eigenvalue weighted by atomic mass is 10.2. The number of aryl methyl sites for hydroxylation is 1. The van der Waals surface area contributed by atoms with Crippen LogP contribution in [0.2, 0.25) is 5.02 Å². The van der Waals surface area contributed by atoms with Crippen molar-refractivity contribution in [3.8, 4) is 11.4 Å². The average Bonchev–Trinajstić information content (AvgIpc) is 2.71. The van der Waals surface area contributed by atoms with Gasteiger partial charge >= 0.3 is 5.97 Å². The first-order valence-electron chi connectivity index (χ1n) is 5.19. The minimum absolute atomic E-state index is 0.0574. The first-order chi connectivity index (χ1) is 8.99. The third-order valence-electron chi connectivity index (χ3n) is 2.24. The van der Waals surface area contributed by atoms with E-state index in [9.17, 15) is 4.79 Å². The molecule has 1 aromatic heterocycles. The number of rotatable bonds is 4. The summed E-state index contributed by atoms with van der Waals surface area (Å²) in [6.07, 6.45) is 0. The monoisotopic (exact) mass is 361 g/mol. The van der Waals surface area contributed by atoms with E-state index in [1.54, 1.807) is 11.7 Å². The molecule has 8 heteroatoms. The molecule has 0 aliphatic heterocycles. The van der Waals surface area contributed by atoms with Crippen molar-refractivity contribution in [1.29, 1.82) is 0 Å². The fourth-order valence-corrected chi connectivity index (χ4v) is 2.62. The van der Waals surface area contributed by atoms with Crippen LogP contribution in [0.4, 0.5) is 0 Å². The normalized spacial score (nSPS) is 10.7. The number of nitrogens with zero attached hydrogens (tertiary/aromatic N) is 3. The zero-order valence-corrected chi connectivity index (χ0v) is 13.0. The highest BCUT2D eigenvalue weighted by molar-refractivity contribution is 9.10. The summed E-state index contributed by atoms with van der Waals surface area (Å²) in [6.45, 7) is 0. The molecule has 1 N–H and O–H groups in total. The minimum Gasteiger partial charge on any atom is -0.481 e. The zero-order chi connectivity index (χ0) is 14.0. The van der Waals surface area contributed by atoms with Gasteiger partial charge in [0.1, 0.15) is 0 Å². The van der Waals surface area contributed by atoms with Gasteiger partial charge in [0.25, 0.3) is 0 Å². The van der Waals surface area contributed by atoms with Gasteiger partial charge in [0.2, 0.25) is 0 Å². The third kappa shape index (κ3) is 3.29. The molecular weight excluding hydrogens is 354 g/mol. The lowest BCUT2D eigenvalue weighted by Gasteiger charge is -2.00. The van der Waals surface area contributed by atoms with Gasteiger partial charge in [0.05, 0.1) is 10.8 Å². The van der Waals surface area contributed by atoms with E-state index < -0.39 is 5.97 Å². The number of hydrogen-bond acceptors (Lipinski definition) is 4. The number of hydrogen-bond donors (Lipinski definition) is 1. The number of carboxylic acids is 1. The summed E-state index contributed by atoms with van der Waals surface area (Å²) in [6, 6.07) is 5.48. The van der Waals surface area contributed by atoms with Crippen molar-refractivity contribution in [2.24, 2.45) is 7.05 Å². The van der Waals surface area contributed by atoms with Crippen LogP contribution in [-0.4, -0.2) is 31.6 Å². The molecule has 1 aromatic carbocycles. The van der Waals surface area contributed by atoms with Crippen LogP contribution in [-0.2, 0) is 11.8 Å². The Balaban J connectivity index is 2.34. The lowest BCUT2D eigenvalue weighted by Crippen LogP contribution is -2.00. The van der Waals surface area contributed by atoms with Crippen molar-refractivity contribution in [3.63, 3.8) is 0 Å². The van der Waals surface area contributed by atoms with Crippen LogP contribution < -0.4 is 0 Å². The van der Waals surface area contributed by atoms with Crippen molar-refractivity contribution in [1.82, 2.24) is 14.8 Å². The van der Waals surface area contributed by atoms with E-state index in [2.05, 4.69) is 26.0 Å². The molecule has 0 amide bonds. The molecule has 0 fully saturated rings. The number of carboxylic acid groups (broad SMARTS) is 1. The number of thioether (sulfide) groups is 1. The summed E-state index contributed by atoms with van der Waals surface area (Å²) in [5, 5.41) is 14.0. The van der Waals surface area contributed by atoms with Gasteiger partial charge in [-0.3, -0.25) is 4.79 Å². The molecule has 1 heterocycles. The smallest absolute Gasteiger partial charge is 0.313 e. The summed E-state index contributed by atoms with van der Waals surface area (Å²) in [5.74, 6) is -0.477. The van der Waals surface area contributed by atoms with Gasteiger partial charge in [0.15, 0.2) is 11.0 Å². The van der Waals surface area contributed by atoms with Crippen LogP contribution in [0, 0.1) is 0 Å². The SMILES string of the molecule is Cn1nc(-c2cccc(Br)c2Cl)nc1SCC(=O)O. The summed E-state index contributed by atoms with van der Waals surface area (Å²) in [4.78, 5) is 14.9. The standard InChI is InChI=1S/C11H9BrClN3O2S/c1-16-11(19-5-8(17)18)14-10(15-16)6-3-2-4-7(12)9(6)13/h2-4H,5H2,1H3,(H,17,18). The highest BCUT2D eigenvalue weighted by Gasteiger charge is 2.14. The Hall–Kier alpha value is -1.05. The second kappa shape index (κ2) is 5.94. The summed E-state index contributed by atoms with van der Waals surface area (Å²) in [5.41, 5.74) is 0.703. The first kappa shape index (κ1) is 14.4. The Morgan fingerprint density at radius 1 is 1.58 bits per heavy atom. The van der Waals surface area contributed by atoms with Gasteiger partial charge in [-0.1, -0.05) is 29.4 Å². The molecule has 0 aliphatic carbocycles. The number of halogens is 2. The molecule has 0 saturated heterocycles. The van der Waals surface area contributed by atoms with E-state index in [4.69, 9.17) is 16.7 Å². The molecule has 0 aliphatic rings. The van der Waals surface area contributed by atoms with E-state index in [1.165, 1.54) is 0 Å². The predicted octanol–water partition coefficient (Wildman–Crippen LogP) is 3.07. The Morgan fingerprint density at radius 2 is 2.32 bits per heavy atom. The van der Waals surface area contributed by atoms with Crippen LogP contribution in [0.25, 0.3) is 11.4 Å². The van der Waals surface area contributed by atoms with Gasteiger partial charge < -0.3 is 5.11 Å². The number of benzene rings is 1. The predicted molar refractivity (Wildman–Crippen MR) is 77.5 cm³/mol. The quantitative estimate of drug-likeness (QED) is 0.847. The fourth-order valence-electron chi connectivity index (χ4n) is 1.41. The zero-order valence-electron chi connectivity index (χ0n) is 9.80. The number of aliphatic carboxylic acids is 1. The van der Waals surface area contributed by atoms with Crippen molar-refractivity contribution < 1.29 is 9.90 Å². The minimum atomic E-state index is -0.893. The molecule has 0 unspecified atom stereocenters. The van der Waals surface area contributed by atoms with Crippen molar-refractivity contribution in [3.05, 3.63) is 27.7 Å². The maximum absolute atomic E-state index is 10.6. The second-order valence-corrected chi connectivity index (χ2v) is 5.80. The Labute approximate surface area is 127 Å². The summed E-state index contributed by atoms with van der Waals surface area (Å²) >= 11 is 10.6. The van der Waals surface area contributed by atoms with Crippen LogP contribution >= 0.6 is 39.3 Å². The van der Waals surface area contributed by atoms with E-state index >= 15 is 0 Å². The van der Waals surface area contributed by atoms with Crippen LogP contribution in [0.1, 0.15) is 0 Å². The topological polar surface area (TPSA) is 68.0 Å². The molecule has 0 bridgehead atoms. The third-order valence-corrected chi connectivity index (χ3v) is 4.54. The Kier molecular flexibility index (Phi) is 4.49. The summed E-state index contributed by atoms with van der Waals surface area (Å²) in [7, 11) is 1.71. The van der Waals surface area contributed by atoms with Crippen LogP contribution in [0.5, 0.6) is 0 Å². The molecule has 0 spiro atoms. The first-order valence-corrected chi connectivity index (χ1v) is 7.34. The van der Waals surface area contributed by atoms with Gasteiger partial charge in [0, 0.05) is 17.1 Å². The fraction of sp³-hybridized carbons (Fsp3) is 0.182. The van der Waals surface area contributed by atoms with Gasteiger partial charge in [-0.25, -0.2) is 9.67 Å². The Bertz CT molecular complexity index is 632. The molecule has 0 radical (unpaired) electrons. The van der Waals surface area contributed by atoms with E-state index in [1.807, 2.05) is 18.2 Å². The molecule has 2 rings (SSSR count).